The molecule has 1 fully saturated rings. The Labute approximate surface area is 205 Å². The van der Waals surface area contributed by atoms with Gasteiger partial charge in [0, 0.05) is 67.2 Å². The predicted molar refractivity (Wildman–Crippen MR) is 138 cm³/mol. The van der Waals surface area contributed by atoms with Crippen molar-refractivity contribution in [2.75, 3.05) is 18.0 Å². The quantitative estimate of drug-likeness (QED) is 0.403. The molecule has 1 aliphatic rings. The molecule has 0 unspecified atom stereocenters. The van der Waals surface area contributed by atoms with E-state index in [1.807, 2.05) is 71.7 Å². The lowest BCUT2D eigenvalue weighted by molar-refractivity contribution is -0.116. The summed E-state index contributed by atoms with van der Waals surface area (Å²) < 4.78 is 1.82. The second-order valence-electron chi connectivity index (χ2n) is 8.54. The predicted octanol–water partition coefficient (Wildman–Crippen LogP) is 4.65. The number of para-hydroxylation sites is 1. The van der Waals surface area contributed by atoms with Crippen molar-refractivity contribution in [3.05, 3.63) is 96.6 Å². The number of amides is 1. The van der Waals surface area contributed by atoms with E-state index in [4.69, 9.17) is 5.10 Å². The summed E-state index contributed by atoms with van der Waals surface area (Å²) in [6.45, 7) is 2.46. The van der Waals surface area contributed by atoms with Crippen LogP contribution >= 0.6 is 0 Å². The van der Waals surface area contributed by atoms with Crippen LogP contribution in [0.3, 0.4) is 0 Å². The fourth-order valence-corrected chi connectivity index (χ4v) is 4.31. The summed E-state index contributed by atoms with van der Waals surface area (Å²) in [4.78, 5) is 23.9. The fraction of sp³-hybridized carbons (Fsp3) is 0.214. The zero-order valence-electron chi connectivity index (χ0n) is 19.5. The minimum absolute atomic E-state index is 0.164. The van der Waals surface area contributed by atoms with Gasteiger partial charge in [0.1, 0.15) is 11.5 Å². The zero-order valence-corrected chi connectivity index (χ0v) is 19.5. The second-order valence-corrected chi connectivity index (χ2v) is 8.54. The monoisotopic (exact) mass is 464 g/mol. The molecule has 7 nitrogen and oxygen atoms in total. The average Bonchev–Trinajstić information content (AvgIpc) is 3.37. The lowest BCUT2D eigenvalue weighted by Gasteiger charge is -2.29. The summed E-state index contributed by atoms with van der Waals surface area (Å²) in [7, 11) is 0. The molecule has 0 aliphatic carbocycles. The van der Waals surface area contributed by atoms with E-state index in [2.05, 4.69) is 20.2 Å². The Morgan fingerprint density at radius 3 is 2.60 bits per heavy atom. The Kier molecular flexibility index (Phi) is 6.94. The number of nitrogens with zero attached hydrogens (tertiary/aromatic N) is 5. The van der Waals surface area contributed by atoms with Gasteiger partial charge >= 0.3 is 0 Å². The standard InChI is InChI=1S/C28H28N6O/c35-26(31-20-23-10-8-16-30-28(23)33-17-5-2-6-18-33)14-13-24-21-34(25-11-3-1-4-12-25)32-27(24)22-9-7-15-29-19-22/h1,3-4,7-16,19,21H,2,5-6,17-18,20H2,(H,31,35)/b14-13+. The third-order valence-electron chi connectivity index (χ3n) is 6.09. The van der Waals surface area contributed by atoms with Crippen molar-refractivity contribution < 1.29 is 4.79 Å². The molecule has 4 heterocycles. The SMILES string of the molecule is O=C(/C=C/c1cn(-c2ccccc2)nc1-c1cccnc1)NCc1cccnc1N1CCCCC1. The van der Waals surface area contributed by atoms with Crippen molar-refractivity contribution in [2.45, 2.75) is 25.8 Å². The molecule has 176 valence electrons. The third kappa shape index (κ3) is 5.46. The van der Waals surface area contributed by atoms with Crippen LogP contribution < -0.4 is 10.2 Å². The molecule has 1 amide bonds. The van der Waals surface area contributed by atoms with Crippen molar-refractivity contribution in [3.8, 4) is 16.9 Å². The second kappa shape index (κ2) is 10.8. The molecule has 7 heteroatoms. The third-order valence-corrected chi connectivity index (χ3v) is 6.09. The van der Waals surface area contributed by atoms with Gasteiger partial charge < -0.3 is 10.2 Å². The van der Waals surface area contributed by atoms with Crippen LogP contribution in [-0.4, -0.2) is 38.7 Å². The molecule has 0 bridgehead atoms. The van der Waals surface area contributed by atoms with E-state index in [9.17, 15) is 4.79 Å². The number of hydrogen-bond donors (Lipinski definition) is 1. The average molecular weight is 465 g/mol. The Morgan fingerprint density at radius 1 is 0.971 bits per heavy atom. The molecule has 3 aromatic heterocycles. The Bertz CT molecular complexity index is 1290. The first-order valence-electron chi connectivity index (χ1n) is 12.0. The van der Waals surface area contributed by atoms with Crippen LogP contribution in [0.1, 0.15) is 30.4 Å². The van der Waals surface area contributed by atoms with Crippen LogP contribution in [0, 0.1) is 0 Å². The van der Waals surface area contributed by atoms with Crippen molar-refractivity contribution in [2.24, 2.45) is 0 Å². The van der Waals surface area contributed by atoms with E-state index in [1.165, 1.54) is 19.3 Å². The Balaban J connectivity index is 1.33. The highest BCUT2D eigenvalue weighted by Gasteiger charge is 2.16. The lowest BCUT2D eigenvalue weighted by atomic mass is 10.1. The molecule has 5 rings (SSSR count). The normalized spacial score (nSPS) is 13.8. The number of anilines is 1. The largest absolute Gasteiger partial charge is 0.356 e. The van der Waals surface area contributed by atoms with E-state index in [0.717, 1.165) is 47.0 Å². The fourth-order valence-electron chi connectivity index (χ4n) is 4.31. The van der Waals surface area contributed by atoms with Crippen LogP contribution in [0.4, 0.5) is 5.82 Å². The summed E-state index contributed by atoms with van der Waals surface area (Å²) in [6, 6.07) is 17.7. The summed E-state index contributed by atoms with van der Waals surface area (Å²) in [5.41, 5.74) is 4.48. The molecule has 1 aliphatic heterocycles. The van der Waals surface area contributed by atoms with Gasteiger partial charge in [0.2, 0.25) is 5.91 Å². The summed E-state index contributed by atoms with van der Waals surface area (Å²) in [5.74, 6) is 0.808. The maximum atomic E-state index is 12.7. The molecule has 1 aromatic carbocycles. The number of benzene rings is 1. The van der Waals surface area contributed by atoms with Gasteiger partial charge in [0.15, 0.2) is 0 Å². The first kappa shape index (κ1) is 22.5. The van der Waals surface area contributed by atoms with Crippen LogP contribution in [0.5, 0.6) is 0 Å². The van der Waals surface area contributed by atoms with Gasteiger partial charge in [0.25, 0.3) is 0 Å². The highest BCUT2D eigenvalue weighted by atomic mass is 16.1. The van der Waals surface area contributed by atoms with Crippen molar-refractivity contribution in [1.82, 2.24) is 25.1 Å². The summed E-state index contributed by atoms with van der Waals surface area (Å²) in [6.07, 6.45) is 14.2. The van der Waals surface area contributed by atoms with Gasteiger partial charge in [-0.15, -0.1) is 0 Å². The first-order valence-corrected chi connectivity index (χ1v) is 12.0. The number of carbonyl (C=O) groups excluding carboxylic acids is 1. The molecule has 0 saturated carbocycles. The molecule has 0 atom stereocenters. The Morgan fingerprint density at radius 2 is 1.80 bits per heavy atom. The minimum atomic E-state index is -0.164. The smallest absolute Gasteiger partial charge is 0.244 e. The number of rotatable bonds is 7. The summed E-state index contributed by atoms with van der Waals surface area (Å²) in [5, 5.41) is 7.78. The van der Waals surface area contributed by atoms with E-state index in [0.29, 0.717) is 6.54 Å². The minimum Gasteiger partial charge on any atom is -0.356 e. The number of carbonyl (C=O) groups is 1. The van der Waals surface area contributed by atoms with Crippen molar-refractivity contribution in [3.63, 3.8) is 0 Å². The van der Waals surface area contributed by atoms with Crippen LogP contribution in [0.2, 0.25) is 0 Å². The summed E-state index contributed by atoms with van der Waals surface area (Å²) >= 11 is 0. The van der Waals surface area contributed by atoms with Crippen molar-refractivity contribution in [1.29, 1.82) is 0 Å². The van der Waals surface area contributed by atoms with Gasteiger partial charge in [-0.25, -0.2) is 9.67 Å². The molecule has 1 N–H and O–H groups in total. The van der Waals surface area contributed by atoms with Gasteiger partial charge in [-0.1, -0.05) is 24.3 Å². The van der Waals surface area contributed by atoms with Crippen molar-refractivity contribution >= 4 is 17.8 Å². The maximum absolute atomic E-state index is 12.7. The molecule has 0 radical (unpaired) electrons. The maximum Gasteiger partial charge on any atom is 0.244 e. The number of aromatic nitrogens is 4. The molecule has 35 heavy (non-hydrogen) atoms. The number of nitrogens with one attached hydrogen (secondary N) is 1. The van der Waals surface area contributed by atoms with Crippen LogP contribution in [0.15, 0.2) is 85.5 Å². The van der Waals surface area contributed by atoms with Gasteiger partial charge in [-0.05, 0) is 55.7 Å². The van der Waals surface area contributed by atoms with E-state index < -0.39 is 0 Å². The number of pyridine rings is 2. The Hall–Kier alpha value is -4.26. The van der Waals surface area contributed by atoms with E-state index >= 15 is 0 Å². The van der Waals surface area contributed by atoms with Gasteiger partial charge in [-0.2, -0.15) is 5.10 Å². The number of piperidine rings is 1. The highest BCUT2D eigenvalue weighted by Crippen LogP contribution is 2.24. The van der Waals surface area contributed by atoms with E-state index in [1.54, 1.807) is 24.5 Å². The lowest BCUT2D eigenvalue weighted by Crippen LogP contribution is -2.32. The molecular weight excluding hydrogens is 436 g/mol. The zero-order chi connectivity index (χ0) is 23.9. The van der Waals surface area contributed by atoms with Gasteiger partial charge in [0.05, 0.1) is 5.69 Å². The number of hydrogen-bond acceptors (Lipinski definition) is 5. The van der Waals surface area contributed by atoms with E-state index in [-0.39, 0.29) is 5.91 Å². The van der Waals surface area contributed by atoms with Crippen LogP contribution in [0.25, 0.3) is 23.0 Å². The highest BCUT2D eigenvalue weighted by molar-refractivity contribution is 5.92. The topological polar surface area (TPSA) is 75.9 Å². The molecule has 1 saturated heterocycles. The van der Waals surface area contributed by atoms with Crippen LogP contribution in [-0.2, 0) is 11.3 Å². The van der Waals surface area contributed by atoms with Gasteiger partial charge in [-0.3, -0.25) is 9.78 Å². The molecule has 0 spiro atoms. The first-order chi connectivity index (χ1) is 17.3. The molecule has 4 aromatic rings. The molecular formula is C28H28N6O.